The summed E-state index contributed by atoms with van der Waals surface area (Å²) >= 11 is 13.2. The molecule has 0 radical (unpaired) electrons. The topological polar surface area (TPSA) is 121 Å². The molecule has 51 heavy (non-hydrogen) atoms. The van der Waals surface area contributed by atoms with Gasteiger partial charge in [0.2, 0.25) is 10.0 Å². The third kappa shape index (κ3) is 8.41. The van der Waals surface area contributed by atoms with Gasteiger partial charge in [0.05, 0.1) is 25.6 Å². The molecule has 4 saturated carbocycles. The predicted molar refractivity (Wildman–Crippen MR) is 199 cm³/mol. The van der Waals surface area contributed by atoms with Gasteiger partial charge < -0.3 is 15.0 Å². The van der Waals surface area contributed by atoms with Crippen LogP contribution in [0.2, 0.25) is 0 Å². The van der Waals surface area contributed by atoms with Gasteiger partial charge in [-0.3, -0.25) is 14.6 Å². The predicted octanol–water partition coefficient (Wildman–Crippen LogP) is 6.40. The molecule has 0 bridgehead atoms. The molecule has 6 aliphatic rings. The van der Waals surface area contributed by atoms with E-state index in [0.717, 1.165) is 62.7 Å². The van der Waals surface area contributed by atoms with Crippen molar-refractivity contribution in [3.8, 4) is 0 Å². The Morgan fingerprint density at radius 3 is 2.08 bits per heavy atom. The van der Waals surface area contributed by atoms with Crippen LogP contribution in [0, 0.1) is 29.6 Å². The fourth-order valence-corrected chi connectivity index (χ4v) is 12.1. The second kappa shape index (κ2) is 16.2. The van der Waals surface area contributed by atoms with E-state index in [1.807, 2.05) is 0 Å². The normalized spacial score (nSPS) is 32.9. The van der Waals surface area contributed by atoms with Crippen LogP contribution in [-0.2, 0) is 19.6 Å². The van der Waals surface area contributed by atoms with E-state index in [4.69, 9.17) is 28.2 Å². The molecule has 1 saturated heterocycles. The van der Waals surface area contributed by atoms with Crippen molar-refractivity contribution in [1.82, 2.24) is 19.5 Å². The standard InChI is InChI=1S/C38H55Cl2N5O5S/c1-50-35(46)16-19-41-38(47)33-15-13-31(23-42-33)51(48,49)44-20-17-30(18-21-44)45-34-22-27(8-14-32(34)43-37(45)26-2-3-26)36(24-4-9-28(39)10-5-24)25-6-11-29(40)12-7-25/h13,15,23-30,32,34,36H,2-12,14,16-22H2,1H3,(H,41,47). The van der Waals surface area contributed by atoms with Crippen LogP contribution in [0.4, 0.5) is 0 Å². The number of alkyl halides is 2. The SMILES string of the molecule is COC(=O)CCNC(=O)c1ccc(S(=O)(=O)N2CCC(N3C(C4CC4)=NC4CCC(C(C5CCC(Cl)CC5)C5CCC(Cl)CC5)CC43)CC2)cn1. The highest BCUT2D eigenvalue weighted by Gasteiger charge is 2.50. The number of nitrogens with one attached hydrogen (secondary N) is 1. The Labute approximate surface area is 313 Å². The largest absolute Gasteiger partial charge is 0.469 e. The Hall–Kier alpha value is -1.95. The lowest BCUT2D eigenvalue weighted by Crippen LogP contribution is -2.54. The van der Waals surface area contributed by atoms with Crippen molar-refractivity contribution in [3.63, 3.8) is 0 Å². The molecule has 282 valence electrons. The van der Waals surface area contributed by atoms with Gasteiger partial charge in [-0.1, -0.05) is 0 Å². The molecule has 1 aromatic rings. The van der Waals surface area contributed by atoms with Crippen LogP contribution in [0.15, 0.2) is 28.2 Å². The molecule has 0 spiro atoms. The maximum absolute atomic E-state index is 13.7. The number of hydrogen-bond donors (Lipinski definition) is 1. The van der Waals surface area contributed by atoms with Crippen LogP contribution >= 0.6 is 23.2 Å². The van der Waals surface area contributed by atoms with Crippen LogP contribution in [0.5, 0.6) is 0 Å². The Kier molecular flexibility index (Phi) is 11.9. The smallest absolute Gasteiger partial charge is 0.307 e. The summed E-state index contributed by atoms with van der Waals surface area (Å²) in [5.41, 5.74) is 0.0967. The third-order valence-corrected chi connectivity index (χ3v) is 15.7. The summed E-state index contributed by atoms with van der Waals surface area (Å²) in [6.45, 7) is 1.01. The molecule has 7 rings (SSSR count). The first kappa shape index (κ1) is 37.4. The Balaban J connectivity index is 1.01. The number of fused-ring (bicyclic) bond motifs is 1. The highest BCUT2D eigenvalue weighted by molar-refractivity contribution is 7.89. The average Bonchev–Trinajstić information content (AvgIpc) is 3.93. The number of carbonyl (C=O) groups excluding carboxylic acids is 2. The van der Waals surface area contributed by atoms with Gasteiger partial charge in [0.25, 0.3) is 5.91 Å². The number of amides is 1. The maximum Gasteiger partial charge on any atom is 0.307 e. The van der Waals surface area contributed by atoms with Crippen LogP contribution in [0.3, 0.4) is 0 Å². The molecular weight excluding hydrogens is 709 g/mol. The van der Waals surface area contributed by atoms with E-state index in [-0.39, 0.29) is 29.6 Å². The van der Waals surface area contributed by atoms with E-state index in [1.165, 1.54) is 82.6 Å². The number of ether oxygens (including phenoxy) is 1. The molecule has 5 fully saturated rings. The summed E-state index contributed by atoms with van der Waals surface area (Å²) in [4.78, 5) is 36.2. The summed E-state index contributed by atoms with van der Waals surface area (Å²) in [6, 6.07) is 3.93. The van der Waals surface area contributed by atoms with Gasteiger partial charge in [-0.2, -0.15) is 4.31 Å². The zero-order valence-electron chi connectivity index (χ0n) is 29.9. The summed E-state index contributed by atoms with van der Waals surface area (Å²) in [6.07, 6.45) is 18.5. The lowest BCUT2D eigenvalue weighted by atomic mass is 9.61. The molecule has 1 aromatic heterocycles. The van der Waals surface area contributed by atoms with E-state index in [9.17, 15) is 18.0 Å². The minimum absolute atomic E-state index is 0.0459. The van der Waals surface area contributed by atoms with Crippen molar-refractivity contribution < 1.29 is 22.7 Å². The van der Waals surface area contributed by atoms with E-state index in [0.29, 0.717) is 47.8 Å². The zero-order valence-corrected chi connectivity index (χ0v) is 32.3. The van der Waals surface area contributed by atoms with Crippen LogP contribution in [0.1, 0.15) is 113 Å². The number of hydrogen-bond acceptors (Lipinski definition) is 8. The Morgan fingerprint density at radius 2 is 1.51 bits per heavy atom. The third-order valence-electron chi connectivity index (χ3n) is 13.0. The van der Waals surface area contributed by atoms with Crippen LogP contribution in [0.25, 0.3) is 0 Å². The van der Waals surface area contributed by atoms with Gasteiger partial charge in [0, 0.05) is 48.5 Å². The van der Waals surface area contributed by atoms with Crippen molar-refractivity contribution in [2.75, 3.05) is 26.7 Å². The van der Waals surface area contributed by atoms with Gasteiger partial charge in [-0.15, -0.1) is 23.2 Å². The van der Waals surface area contributed by atoms with E-state index < -0.39 is 21.9 Å². The van der Waals surface area contributed by atoms with Crippen molar-refractivity contribution in [2.45, 2.75) is 137 Å². The number of esters is 1. The van der Waals surface area contributed by atoms with Gasteiger partial charge >= 0.3 is 5.97 Å². The Bertz CT molecular complexity index is 1500. The summed E-state index contributed by atoms with van der Waals surface area (Å²) in [5.74, 6) is 3.94. The highest BCUT2D eigenvalue weighted by Crippen LogP contribution is 2.51. The van der Waals surface area contributed by atoms with Crippen molar-refractivity contribution in [3.05, 3.63) is 24.0 Å². The second-order valence-electron chi connectivity index (χ2n) is 16.1. The molecule has 3 heterocycles. The molecule has 2 aliphatic heterocycles. The van der Waals surface area contributed by atoms with Crippen LogP contribution < -0.4 is 5.32 Å². The number of sulfonamides is 1. The Morgan fingerprint density at radius 1 is 0.882 bits per heavy atom. The number of halogens is 2. The molecule has 1 amide bonds. The number of piperidine rings is 1. The number of methoxy groups -OCH3 is 1. The average molecular weight is 765 g/mol. The summed E-state index contributed by atoms with van der Waals surface area (Å²) in [5, 5.41) is 3.28. The molecule has 0 aromatic carbocycles. The first-order valence-corrected chi connectivity index (χ1v) is 21.9. The van der Waals surface area contributed by atoms with Crippen molar-refractivity contribution in [1.29, 1.82) is 0 Å². The second-order valence-corrected chi connectivity index (χ2v) is 19.2. The molecule has 1 N–H and O–H groups in total. The number of carbonyl (C=O) groups is 2. The monoisotopic (exact) mass is 763 g/mol. The fraction of sp³-hybridized carbons (Fsp3) is 0.789. The van der Waals surface area contributed by atoms with E-state index >= 15 is 0 Å². The number of pyridine rings is 1. The quantitative estimate of drug-likeness (QED) is 0.205. The van der Waals surface area contributed by atoms with E-state index in [1.54, 1.807) is 4.31 Å². The van der Waals surface area contributed by atoms with Crippen LogP contribution in [-0.4, -0.2) is 95.9 Å². The first-order valence-electron chi connectivity index (χ1n) is 19.6. The van der Waals surface area contributed by atoms with E-state index in [2.05, 4.69) is 19.9 Å². The van der Waals surface area contributed by atoms with Gasteiger partial charge in [-0.05, 0) is 132 Å². The summed E-state index contributed by atoms with van der Waals surface area (Å²) in [7, 11) is -2.48. The molecular formula is C38H55Cl2N5O5S. The summed E-state index contributed by atoms with van der Waals surface area (Å²) < 4.78 is 33.6. The molecule has 3 unspecified atom stereocenters. The number of nitrogens with zero attached hydrogens (tertiary/aromatic N) is 4. The number of aromatic nitrogens is 1. The zero-order chi connectivity index (χ0) is 35.7. The fourth-order valence-electron chi connectivity index (χ4n) is 10.2. The minimum atomic E-state index is -3.77. The molecule has 4 aliphatic carbocycles. The van der Waals surface area contributed by atoms with Gasteiger partial charge in [0.15, 0.2) is 0 Å². The minimum Gasteiger partial charge on any atom is -0.469 e. The first-order chi connectivity index (χ1) is 24.6. The highest BCUT2D eigenvalue weighted by atomic mass is 35.5. The number of aliphatic imine (C=N–C) groups is 1. The molecule has 13 heteroatoms. The molecule has 10 nitrogen and oxygen atoms in total. The maximum atomic E-state index is 13.7. The number of amidine groups is 1. The van der Waals surface area contributed by atoms with Crippen molar-refractivity contribution >= 4 is 50.9 Å². The van der Waals surface area contributed by atoms with Gasteiger partial charge in [-0.25, -0.2) is 13.4 Å². The van der Waals surface area contributed by atoms with Crippen molar-refractivity contribution in [2.24, 2.45) is 34.6 Å². The lowest BCUT2D eigenvalue weighted by molar-refractivity contribution is -0.140. The number of rotatable bonds is 11. The lowest BCUT2D eigenvalue weighted by Gasteiger charge is -2.49. The molecule has 3 atom stereocenters. The van der Waals surface area contributed by atoms with Gasteiger partial charge in [0.1, 0.15) is 16.4 Å².